The predicted octanol–water partition coefficient (Wildman–Crippen LogP) is 5.28. The van der Waals surface area contributed by atoms with E-state index in [9.17, 15) is 0 Å². The zero-order valence-electron chi connectivity index (χ0n) is 10.4. The van der Waals surface area contributed by atoms with E-state index in [1.165, 1.54) is 37.8 Å². The highest BCUT2D eigenvalue weighted by Gasteiger charge is 2.36. The van der Waals surface area contributed by atoms with Crippen molar-refractivity contribution >= 4 is 27.3 Å². The Labute approximate surface area is 103 Å². The molecule has 89 valence electrons. The topological polar surface area (TPSA) is 0 Å². The number of rotatable bonds is 6. The lowest BCUT2D eigenvalue weighted by atomic mass is 10.4. The van der Waals surface area contributed by atoms with Crippen molar-refractivity contribution in [3.8, 4) is 0 Å². The van der Waals surface area contributed by atoms with Crippen LogP contribution in [0.5, 0.6) is 0 Å². The second-order valence-electron chi connectivity index (χ2n) is 5.22. The van der Waals surface area contributed by atoms with Crippen LogP contribution in [-0.2, 0) is 0 Å². The Bertz CT molecular complexity index is 147. The Hall–Kier alpha value is 0.724. The van der Waals surface area contributed by atoms with E-state index in [0.29, 0.717) is 0 Å². The Morgan fingerprint density at radius 1 is 1.00 bits per heavy atom. The Kier molecular flexibility index (Phi) is 6.55. The van der Waals surface area contributed by atoms with Crippen LogP contribution < -0.4 is 0 Å². The molecule has 0 N–H and O–H groups in total. The van der Waals surface area contributed by atoms with Gasteiger partial charge in [-0.3, -0.25) is 0 Å². The summed E-state index contributed by atoms with van der Waals surface area (Å²) < 4.78 is 0. The molecule has 0 saturated carbocycles. The quantitative estimate of drug-likeness (QED) is 0.451. The molecule has 0 unspecified atom stereocenters. The molecule has 0 aromatic rings. The molecule has 1 fully saturated rings. The molecular weight excluding hydrogens is 236 g/mol. The fourth-order valence-corrected chi connectivity index (χ4v) is 14.9. The zero-order valence-corrected chi connectivity index (χ0v) is 13.2. The van der Waals surface area contributed by atoms with Gasteiger partial charge in [0.2, 0.25) is 0 Å². The van der Waals surface area contributed by atoms with Gasteiger partial charge in [0.05, 0.1) is 8.07 Å². The molecule has 1 rings (SSSR count). The van der Waals surface area contributed by atoms with Gasteiger partial charge in [0.1, 0.15) is 0 Å². The molecule has 0 aliphatic carbocycles. The van der Waals surface area contributed by atoms with Gasteiger partial charge in [0.25, 0.3) is 0 Å². The van der Waals surface area contributed by atoms with Crippen LogP contribution in [0, 0.1) is 0 Å². The smallest absolute Gasteiger partial charge is 0.164 e. The SMILES string of the molecule is CCCC[Si]1(CCCC)CC[Si](Cl)CC1. The van der Waals surface area contributed by atoms with Crippen molar-refractivity contribution < 1.29 is 0 Å². The second kappa shape index (κ2) is 7.13. The van der Waals surface area contributed by atoms with Gasteiger partial charge in [-0.15, -0.1) is 0 Å². The fourth-order valence-electron chi connectivity index (χ4n) is 2.78. The Morgan fingerprint density at radius 3 is 1.87 bits per heavy atom. The third kappa shape index (κ3) is 4.62. The summed E-state index contributed by atoms with van der Waals surface area (Å²) in [6, 6.07) is 9.21. The second-order valence-corrected chi connectivity index (χ2v) is 13.9. The summed E-state index contributed by atoms with van der Waals surface area (Å²) in [5.74, 6) is 0. The van der Waals surface area contributed by atoms with Crippen molar-refractivity contribution in [1.82, 2.24) is 0 Å². The van der Waals surface area contributed by atoms with Crippen molar-refractivity contribution in [1.29, 1.82) is 0 Å². The van der Waals surface area contributed by atoms with Gasteiger partial charge < -0.3 is 0 Å². The van der Waals surface area contributed by atoms with Gasteiger partial charge in [-0.1, -0.05) is 63.7 Å². The van der Waals surface area contributed by atoms with Crippen LogP contribution in [0.1, 0.15) is 39.5 Å². The van der Waals surface area contributed by atoms with Gasteiger partial charge in [-0.05, 0) is 12.1 Å². The molecule has 3 heteroatoms. The van der Waals surface area contributed by atoms with E-state index in [2.05, 4.69) is 13.8 Å². The highest BCUT2D eigenvalue weighted by atomic mass is 35.6. The summed E-state index contributed by atoms with van der Waals surface area (Å²) in [6.45, 7) is 4.67. The van der Waals surface area contributed by atoms with Crippen LogP contribution >= 0.6 is 11.1 Å². The minimum atomic E-state index is -0.825. The summed E-state index contributed by atoms with van der Waals surface area (Å²) in [5.41, 5.74) is 0. The van der Waals surface area contributed by atoms with Crippen LogP contribution in [-0.4, -0.2) is 16.2 Å². The Morgan fingerprint density at radius 2 is 1.47 bits per heavy atom. The van der Waals surface area contributed by atoms with Crippen LogP contribution in [0.4, 0.5) is 0 Å². The van der Waals surface area contributed by atoms with E-state index in [1.807, 2.05) is 0 Å². The molecule has 0 atom stereocenters. The molecule has 0 nitrogen and oxygen atoms in total. The lowest BCUT2D eigenvalue weighted by molar-refractivity contribution is 0.811. The summed E-state index contributed by atoms with van der Waals surface area (Å²) in [6.07, 6.45) is 5.75. The normalized spacial score (nSPS) is 21.8. The molecule has 0 aromatic carbocycles. The van der Waals surface area contributed by atoms with Crippen LogP contribution in [0.25, 0.3) is 0 Å². The monoisotopic (exact) mass is 261 g/mol. The third-order valence-corrected chi connectivity index (χ3v) is 13.1. The number of hydrogen-bond acceptors (Lipinski definition) is 0. The molecule has 0 spiro atoms. The number of halogens is 1. The molecule has 0 bridgehead atoms. The van der Waals surface area contributed by atoms with Gasteiger partial charge in [-0.2, -0.15) is 11.1 Å². The standard InChI is InChI=1S/C12H26ClSi2/c1-3-5-9-15(10-6-4-2)11-7-14(13)8-12-15/h3-12H2,1-2H3. The van der Waals surface area contributed by atoms with Crippen molar-refractivity contribution in [2.24, 2.45) is 0 Å². The van der Waals surface area contributed by atoms with E-state index in [1.54, 1.807) is 24.2 Å². The fraction of sp³-hybridized carbons (Fsp3) is 1.00. The first-order valence-corrected chi connectivity index (χ1v) is 12.5. The lowest BCUT2D eigenvalue weighted by Crippen LogP contribution is -2.38. The molecule has 1 saturated heterocycles. The highest BCUT2D eigenvalue weighted by Crippen LogP contribution is 2.38. The molecule has 1 radical (unpaired) electrons. The van der Waals surface area contributed by atoms with E-state index >= 15 is 0 Å². The van der Waals surface area contributed by atoms with Gasteiger partial charge in [0, 0.05) is 0 Å². The van der Waals surface area contributed by atoms with Gasteiger partial charge >= 0.3 is 0 Å². The van der Waals surface area contributed by atoms with E-state index in [-0.39, 0.29) is 0 Å². The molecule has 0 amide bonds. The van der Waals surface area contributed by atoms with Crippen LogP contribution in [0.2, 0.25) is 36.3 Å². The van der Waals surface area contributed by atoms with Crippen molar-refractivity contribution in [2.75, 3.05) is 0 Å². The van der Waals surface area contributed by atoms with Crippen molar-refractivity contribution in [2.45, 2.75) is 75.8 Å². The van der Waals surface area contributed by atoms with E-state index < -0.39 is 16.2 Å². The molecule has 0 aromatic heterocycles. The third-order valence-electron chi connectivity index (χ3n) is 3.97. The first kappa shape index (κ1) is 13.8. The van der Waals surface area contributed by atoms with Crippen molar-refractivity contribution in [3.05, 3.63) is 0 Å². The van der Waals surface area contributed by atoms with Crippen molar-refractivity contribution in [3.63, 3.8) is 0 Å². The molecule has 1 aliphatic heterocycles. The number of unbranched alkanes of at least 4 members (excludes halogenated alkanes) is 2. The van der Waals surface area contributed by atoms with Gasteiger partial charge in [-0.25, -0.2) is 0 Å². The minimum Gasteiger partial charge on any atom is -0.169 e. The largest absolute Gasteiger partial charge is 0.169 e. The summed E-state index contributed by atoms with van der Waals surface area (Å²) in [5, 5.41) is 0. The summed E-state index contributed by atoms with van der Waals surface area (Å²) >= 11 is 6.34. The molecular formula is C12H26ClSi2. The maximum atomic E-state index is 6.34. The maximum Gasteiger partial charge on any atom is 0.164 e. The van der Waals surface area contributed by atoms with Gasteiger partial charge in [0.15, 0.2) is 8.11 Å². The zero-order chi connectivity index (χ0) is 11.1. The predicted molar refractivity (Wildman–Crippen MR) is 76.0 cm³/mol. The molecule has 15 heavy (non-hydrogen) atoms. The lowest BCUT2D eigenvalue weighted by Gasteiger charge is -2.36. The average Bonchev–Trinajstić information content (AvgIpc) is 2.27. The highest BCUT2D eigenvalue weighted by molar-refractivity contribution is 7.08. The summed E-state index contributed by atoms with van der Waals surface area (Å²) in [4.78, 5) is 0. The minimum absolute atomic E-state index is 0.405. The van der Waals surface area contributed by atoms with E-state index in [4.69, 9.17) is 11.1 Å². The number of hydrogen-bond donors (Lipinski definition) is 0. The maximum absolute atomic E-state index is 6.34. The van der Waals surface area contributed by atoms with Crippen LogP contribution in [0.3, 0.4) is 0 Å². The summed E-state index contributed by atoms with van der Waals surface area (Å²) in [7, 11) is -1.23. The van der Waals surface area contributed by atoms with E-state index in [0.717, 1.165) is 0 Å². The van der Waals surface area contributed by atoms with Crippen LogP contribution in [0.15, 0.2) is 0 Å². The average molecular weight is 262 g/mol. The molecule has 1 heterocycles. The molecule has 1 aliphatic rings. The Balaban J connectivity index is 2.44. The first-order valence-electron chi connectivity index (χ1n) is 6.72. The first-order chi connectivity index (χ1) is 7.22.